The van der Waals surface area contributed by atoms with Crippen LogP contribution in [0.25, 0.3) is 0 Å². The van der Waals surface area contributed by atoms with Crippen molar-refractivity contribution in [3.8, 4) is 0 Å². The predicted octanol–water partition coefficient (Wildman–Crippen LogP) is 2.34. The largest absolute Gasteiger partial charge is 0.340 e. The van der Waals surface area contributed by atoms with E-state index in [-0.39, 0.29) is 36.8 Å². The Morgan fingerprint density at radius 2 is 1.91 bits per heavy atom. The van der Waals surface area contributed by atoms with Crippen molar-refractivity contribution in [3.05, 3.63) is 35.9 Å². The molecular weight excluding hydrogens is 321 g/mol. The maximum atomic E-state index is 12.9. The first-order chi connectivity index (χ1) is 9.65. The zero-order chi connectivity index (χ0) is 14.5. The molecule has 126 valence electrons. The second-order valence-electron chi connectivity index (χ2n) is 5.48. The van der Waals surface area contributed by atoms with Crippen LogP contribution in [-0.2, 0) is 4.79 Å². The van der Waals surface area contributed by atoms with Crippen molar-refractivity contribution in [3.63, 3.8) is 0 Å². The van der Waals surface area contributed by atoms with E-state index in [1.54, 1.807) is 0 Å². The smallest absolute Gasteiger partial charge is 0.244 e. The predicted molar refractivity (Wildman–Crippen MR) is 96.0 cm³/mol. The van der Waals surface area contributed by atoms with Gasteiger partial charge in [0.05, 0.1) is 0 Å². The van der Waals surface area contributed by atoms with Crippen LogP contribution in [0.2, 0.25) is 0 Å². The fourth-order valence-electron chi connectivity index (χ4n) is 2.75. The summed E-state index contributed by atoms with van der Waals surface area (Å²) >= 11 is 0. The number of rotatable bonds is 5. The molecule has 1 N–H and O–H groups in total. The Balaban J connectivity index is 0.00000220. The molecule has 1 aliphatic heterocycles. The maximum Gasteiger partial charge on any atom is 0.244 e. The third kappa shape index (κ3) is 4.85. The number of halogens is 2. The van der Waals surface area contributed by atoms with Crippen molar-refractivity contribution < 1.29 is 4.79 Å². The lowest BCUT2D eigenvalue weighted by Crippen LogP contribution is -2.45. The van der Waals surface area contributed by atoms with Gasteiger partial charge in [0.15, 0.2) is 0 Å². The molecule has 1 saturated heterocycles. The average molecular weight is 348 g/mol. The highest BCUT2D eigenvalue weighted by Gasteiger charge is 2.31. The molecule has 22 heavy (non-hydrogen) atoms. The van der Waals surface area contributed by atoms with Gasteiger partial charge in [-0.1, -0.05) is 37.3 Å². The van der Waals surface area contributed by atoms with E-state index in [1.165, 1.54) is 0 Å². The highest BCUT2D eigenvalue weighted by Crippen LogP contribution is 2.23. The molecule has 0 radical (unpaired) electrons. The number of nitrogens with zero attached hydrogens (tertiary/aromatic N) is 2. The lowest BCUT2D eigenvalue weighted by Gasteiger charge is -2.33. The van der Waals surface area contributed by atoms with Gasteiger partial charge in [-0.25, -0.2) is 0 Å². The minimum atomic E-state index is -0.188. The number of amides is 1. The van der Waals surface area contributed by atoms with Crippen LogP contribution in [0.1, 0.15) is 24.9 Å². The molecule has 2 rings (SSSR count). The van der Waals surface area contributed by atoms with Crippen LogP contribution in [0.3, 0.4) is 0 Å². The highest BCUT2D eigenvalue weighted by molar-refractivity contribution is 5.85. The zero-order valence-corrected chi connectivity index (χ0v) is 15.1. The van der Waals surface area contributed by atoms with Gasteiger partial charge >= 0.3 is 0 Å². The van der Waals surface area contributed by atoms with Crippen LogP contribution >= 0.6 is 24.8 Å². The van der Waals surface area contributed by atoms with E-state index in [9.17, 15) is 4.79 Å². The van der Waals surface area contributed by atoms with E-state index >= 15 is 0 Å². The highest BCUT2D eigenvalue weighted by atomic mass is 35.5. The fraction of sp³-hybridized carbons (Fsp3) is 0.562. The SMILES string of the molecule is CCN(C)C(C(=O)N(C)C1CCNC1)c1ccccc1.Cl.Cl. The summed E-state index contributed by atoms with van der Waals surface area (Å²) in [5.74, 6) is 0.189. The van der Waals surface area contributed by atoms with Crippen LogP contribution in [-0.4, -0.2) is 55.5 Å². The van der Waals surface area contributed by atoms with Crippen molar-refractivity contribution >= 4 is 30.7 Å². The number of hydrogen-bond acceptors (Lipinski definition) is 3. The van der Waals surface area contributed by atoms with E-state index in [0.717, 1.165) is 31.6 Å². The van der Waals surface area contributed by atoms with Crippen molar-refractivity contribution in [2.45, 2.75) is 25.4 Å². The second kappa shape index (κ2) is 10.1. The fourth-order valence-corrected chi connectivity index (χ4v) is 2.75. The molecule has 2 atom stereocenters. The molecule has 2 unspecified atom stereocenters. The summed E-state index contributed by atoms with van der Waals surface area (Å²) in [6, 6.07) is 10.2. The molecule has 0 saturated carbocycles. The first-order valence-corrected chi connectivity index (χ1v) is 7.37. The quantitative estimate of drug-likeness (QED) is 0.887. The molecular formula is C16H27Cl2N3O. The monoisotopic (exact) mass is 347 g/mol. The number of benzene rings is 1. The van der Waals surface area contributed by atoms with Crippen molar-refractivity contribution in [1.82, 2.24) is 15.1 Å². The first kappa shape index (κ1) is 21.2. The van der Waals surface area contributed by atoms with Gasteiger partial charge < -0.3 is 10.2 Å². The third-order valence-corrected chi connectivity index (χ3v) is 4.22. The maximum absolute atomic E-state index is 12.9. The Morgan fingerprint density at radius 1 is 1.27 bits per heavy atom. The molecule has 0 aromatic heterocycles. The van der Waals surface area contributed by atoms with Gasteiger partial charge in [0, 0.05) is 19.6 Å². The second-order valence-corrected chi connectivity index (χ2v) is 5.48. The summed E-state index contributed by atoms with van der Waals surface area (Å²) in [6.45, 7) is 4.84. The molecule has 0 bridgehead atoms. The van der Waals surface area contributed by atoms with Gasteiger partial charge in [0.1, 0.15) is 6.04 Å². The Labute approximate surface area is 146 Å². The summed E-state index contributed by atoms with van der Waals surface area (Å²) in [4.78, 5) is 16.9. The molecule has 0 aliphatic carbocycles. The van der Waals surface area contributed by atoms with Crippen LogP contribution in [0.15, 0.2) is 30.3 Å². The molecule has 1 aromatic carbocycles. The van der Waals surface area contributed by atoms with Gasteiger partial charge in [0.25, 0.3) is 0 Å². The molecule has 1 amide bonds. The molecule has 0 spiro atoms. The standard InChI is InChI=1S/C16H25N3O.2ClH/c1-4-18(2)15(13-8-6-5-7-9-13)16(20)19(3)14-10-11-17-12-14;;/h5-9,14-15,17H,4,10-12H2,1-3H3;2*1H. The van der Waals surface area contributed by atoms with E-state index < -0.39 is 0 Å². The minimum absolute atomic E-state index is 0. The third-order valence-electron chi connectivity index (χ3n) is 4.22. The van der Waals surface area contributed by atoms with Gasteiger partial charge in [-0.2, -0.15) is 0 Å². The molecule has 1 heterocycles. The van der Waals surface area contributed by atoms with Crippen molar-refractivity contribution in [1.29, 1.82) is 0 Å². The van der Waals surface area contributed by atoms with Crippen LogP contribution in [0.5, 0.6) is 0 Å². The normalized spacial score (nSPS) is 18.3. The number of hydrogen-bond donors (Lipinski definition) is 1. The van der Waals surface area contributed by atoms with Gasteiger partial charge in [-0.05, 0) is 32.1 Å². The summed E-state index contributed by atoms with van der Waals surface area (Å²) in [7, 11) is 3.94. The van der Waals surface area contributed by atoms with Crippen LogP contribution < -0.4 is 5.32 Å². The van der Waals surface area contributed by atoms with Gasteiger partial charge in [0.2, 0.25) is 5.91 Å². The molecule has 1 aromatic rings. The van der Waals surface area contributed by atoms with Crippen LogP contribution in [0.4, 0.5) is 0 Å². The van der Waals surface area contributed by atoms with E-state index in [4.69, 9.17) is 0 Å². The van der Waals surface area contributed by atoms with Crippen molar-refractivity contribution in [2.24, 2.45) is 0 Å². The van der Waals surface area contributed by atoms with Crippen molar-refractivity contribution in [2.75, 3.05) is 33.7 Å². The molecule has 4 nitrogen and oxygen atoms in total. The number of nitrogens with one attached hydrogen (secondary N) is 1. The Morgan fingerprint density at radius 3 is 2.41 bits per heavy atom. The Bertz CT molecular complexity index is 438. The Hall–Kier alpha value is -0.810. The summed E-state index contributed by atoms with van der Waals surface area (Å²) in [5.41, 5.74) is 1.07. The summed E-state index contributed by atoms with van der Waals surface area (Å²) in [6.07, 6.45) is 1.04. The summed E-state index contributed by atoms with van der Waals surface area (Å²) < 4.78 is 0. The molecule has 1 aliphatic rings. The number of likely N-dealkylation sites (N-methyl/N-ethyl adjacent to an activating group) is 2. The molecule has 6 heteroatoms. The van der Waals surface area contributed by atoms with E-state index in [1.807, 2.05) is 49.3 Å². The lowest BCUT2D eigenvalue weighted by molar-refractivity contribution is -0.137. The summed E-state index contributed by atoms with van der Waals surface area (Å²) in [5, 5.41) is 3.32. The van der Waals surface area contributed by atoms with Gasteiger partial charge in [-0.3, -0.25) is 9.69 Å². The number of carbonyl (C=O) groups is 1. The van der Waals surface area contributed by atoms with E-state index in [0.29, 0.717) is 6.04 Å². The van der Waals surface area contributed by atoms with E-state index in [2.05, 4.69) is 17.1 Å². The topological polar surface area (TPSA) is 35.6 Å². The number of carbonyl (C=O) groups excluding carboxylic acids is 1. The van der Waals surface area contributed by atoms with Gasteiger partial charge in [-0.15, -0.1) is 24.8 Å². The molecule has 1 fully saturated rings. The van der Waals surface area contributed by atoms with Crippen LogP contribution in [0, 0.1) is 0 Å². The minimum Gasteiger partial charge on any atom is -0.340 e. The average Bonchev–Trinajstić information content (AvgIpc) is 3.01. The zero-order valence-electron chi connectivity index (χ0n) is 13.5. The lowest BCUT2D eigenvalue weighted by atomic mass is 10.0. The Kier molecular flexibility index (Phi) is 9.69. The first-order valence-electron chi connectivity index (χ1n) is 7.37.